The van der Waals surface area contributed by atoms with E-state index >= 15 is 0 Å². The van der Waals surface area contributed by atoms with Gasteiger partial charge in [-0.3, -0.25) is 9.59 Å². The van der Waals surface area contributed by atoms with E-state index < -0.39 is 5.91 Å². The summed E-state index contributed by atoms with van der Waals surface area (Å²) in [5, 5.41) is 0. The fourth-order valence-electron chi connectivity index (χ4n) is 2.28. The van der Waals surface area contributed by atoms with Gasteiger partial charge >= 0.3 is 0 Å². The number of amides is 2. The Hall–Kier alpha value is -1.79. The molecule has 116 valence electrons. The molecule has 2 amide bonds. The maximum atomic E-state index is 12.5. The Bertz CT molecular complexity index is 510. The molecule has 1 aromatic rings. The van der Waals surface area contributed by atoms with Crippen molar-refractivity contribution in [1.29, 1.82) is 0 Å². The first kappa shape index (κ1) is 17.3. The average Bonchev–Trinajstić information content (AvgIpc) is 2.44. The summed E-state index contributed by atoms with van der Waals surface area (Å²) >= 11 is 0. The minimum atomic E-state index is -0.577. The van der Waals surface area contributed by atoms with Crippen LogP contribution in [0.1, 0.15) is 23.2 Å². The van der Waals surface area contributed by atoms with Gasteiger partial charge in [0.2, 0.25) is 0 Å². The van der Waals surface area contributed by atoms with E-state index in [4.69, 9.17) is 16.2 Å². The van der Waals surface area contributed by atoms with Crippen molar-refractivity contribution in [2.45, 2.75) is 18.9 Å². The number of benzene rings is 1. The summed E-state index contributed by atoms with van der Waals surface area (Å²) in [5.74, 6) is -0.331. The Morgan fingerprint density at radius 1 is 1.33 bits per heavy atom. The molecule has 1 aliphatic heterocycles. The number of carbonyl (C=O) groups excluding carboxylic acids is 2. The lowest BCUT2D eigenvalue weighted by atomic mass is 10.0. The molecular weight excluding hydrogens is 294 g/mol. The Kier molecular flexibility index (Phi) is 6.45. The van der Waals surface area contributed by atoms with Gasteiger partial charge in [0.1, 0.15) is 5.75 Å². The minimum absolute atomic E-state index is 0. The van der Waals surface area contributed by atoms with E-state index in [1.807, 2.05) is 0 Å². The van der Waals surface area contributed by atoms with E-state index in [0.29, 0.717) is 24.4 Å². The zero-order valence-corrected chi connectivity index (χ0v) is 12.5. The molecule has 7 heteroatoms. The van der Waals surface area contributed by atoms with Crippen LogP contribution in [-0.2, 0) is 4.79 Å². The molecule has 0 saturated carbocycles. The Balaban J connectivity index is 0.00000220. The van der Waals surface area contributed by atoms with Crippen LogP contribution in [-0.4, -0.2) is 42.5 Å². The molecule has 1 saturated heterocycles. The number of hydrogen-bond acceptors (Lipinski definition) is 4. The van der Waals surface area contributed by atoms with E-state index in [1.54, 1.807) is 29.2 Å². The van der Waals surface area contributed by atoms with Crippen LogP contribution >= 0.6 is 12.4 Å². The largest absolute Gasteiger partial charge is 0.483 e. The molecule has 1 unspecified atom stereocenters. The van der Waals surface area contributed by atoms with Crippen molar-refractivity contribution in [2.24, 2.45) is 11.5 Å². The van der Waals surface area contributed by atoms with E-state index in [1.165, 1.54) is 0 Å². The molecule has 2 rings (SSSR count). The van der Waals surface area contributed by atoms with Gasteiger partial charge < -0.3 is 21.1 Å². The number of ether oxygens (including phenoxy) is 1. The lowest BCUT2D eigenvalue weighted by Gasteiger charge is -2.31. The molecule has 0 bridgehead atoms. The summed E-state index contributed by atoms with van der Waals surface area (Å²) in [7, 11) is 0. The average molecular weight is 314 g/mol. The summed E-state index contributed by atoms with van der Waals surface area (Å²) in [6.45, 7) is 0.990. The monoisotopic (exact) mass is 313 g/mol. The number of halogens is 1. The topological polar surface area (TPSA) is 98.7 Å². The van der Waals surface area contributed by atoms with Crippen LogP contribution in [0.25, 0.3) is 0 Å². The van der Waals surface area contributed by atoms with Gasteiger partial charge in [0.15, 0.2) is 6.61 Å². The maximum absolute atomic E-state index is 12.5. The fraction of sp³-hybridized carbons (Fsp3) is 0.429. The number of rotatable bonds is 4. The highest BCUT2D eigenvalue weighted by molar-refractivity contribution is 5.97. The molecule has 0 aromatic heterocycles. The molecule has 4 N–H and O–H groups in total. The summed E-state index contributed by atoms with van der Waals surface area (Å²) in [6, 6.07) is 6.86. The van der Waals surface area contributed by atoms with Crippen LogP contribution in [0.3, 0.4) is 0 Å². The zero-order chi connectivity index (χ0) is 14.5. The van der Waals surface area contributed by atoms with E-state index in [0.717, 1.165) is 12.8 Å². The molecule has 6 nitrogen and oxygen atoms in total. The third kappa shape index (κ3) is 4.61. The predicted molar refractivity (Wildman–Crippen MR) is 81.5 cm³/mol. The molecule has 1 aromatic carbocycles. The fourth-order valence-corrected chi connectivity index (χ4v) is 2.28. The molecule has 1 atom stereocenters. The summed E-state index contributed by atoms with van der Waals surface area (Å²) in [6.07, 6.45) is 1.83. The van der Waals surface area contributed by atoms with Gasteiger partial charge in [0.05, 0.1) is 5.56 Å². The Morgan fingerprint density at radius 2 is 2.05 bits per heavy atom. The Morgan fingerprint density at radius 3 is 2.71 bits per heavy atom. The van der Waals surface area contributed by atoms with Crippen LogP contribution in [0.5, 0.6) is 5.75 Å². The number of carbonyl (C=O) groups is 2. The Labute approximate surface area is 129 Å². The van der Waals surface area contributed by atoms with Gasteiger partial charge in [-0.05, 0) is 25.0 Å². The highest BCUT2D eigenvalue weighted by atomic mass is 35.5. The molecule has 21 heavy (non-hydrogen) atoms. The van der Waals surface area contributed by atoms with Crippen LogP contribution in [0.4, 0.5) is 0 Å². The first-order valence-corrected chi connectivity index (χ1v) is 6.63. The van der Waals surface area contributed by atoms with Gasteiger partial charge in [-0.15, -0.1) is 12.4 Å². The number of nitrogens with zero attached hydrogens (tertiary/aromatic N) is 1. The number of piperidine rings is 1. The lowest BCUT2D eigenvalue weighted by Crippen LogP contribution is -2.45. The van der Waals surface area contributed by atoms with Gasteiger partial charge in [-0.2, -0.15) is 0 Å². The first-order valence-electron chi connectivity index (χ1n) is 6.63. The van der Waals surface area contributed by atoms with Crippen LogP contribution < -0.4 is 16.2 Å². The number of primary amides is 1. The molecule has 1 fully saturated rings. The second-order valence-corrected chi connectivity index (χ2v) is 4.90. The van der Waals surface area contributed by atoms with Gasteiger partial charge in [-0.1, -0.05) is 12.1 Å². The van der Waals surface area contributed by atoms with Crippen molar-refractivity contribution in [3.8, 4) is 5.75 Å². The normalized spacial score (nSPS) is 17.8. The predicted octanol–water partition coefficient (Wildman–Crippen LogP) is 0.536. The summed E-state index contributed by atoms with van der Waals surface area (Å²) in [4.78, 5) is 25.0. The first-order chi connectivity index (χ1) is 9.58. The van der Waals surface area contributed by atoms with Crippen molar-refractivity contribution in [3.05, 3.63) is 29.8 Å². The van der Waals surface area contributed by atoms with E-state index in [2.05, 4.69) is 0 Å². The summed E-state index contributed by atoms with van der Waals surface area (Å²) < 4.78 is 5.28. The van der Waals surface area contributed by atoms with Crippen molar-refractivity contribution < 1.29 is 14.3 Å². The van der Waals surface area contributed by atoms with Crippen LogP contribution in [0.2, 0.25) is 0 Å². The van der Waals surface area contributed by atoms with Crippen LogP contribution in [0.15, 0.2) is 24.3 Å². The summed E-state index contributed by atoms with van der Waals surface area (Å²) in [5.41, 5.74) is 11.4. The molecule has 0 spiro atoms. The lowest BCUT2D eigenvalue weighted by molar-refractivity contribution is -0.119. The molecule has 1 heterocycles. The maximum Gasteiger partial charge on any atom is 0.257 e. The molecule has 0 aliphatic carbocycles. The number of hydrogen-bond donors (Lipinski definition) is 2. The second kappa shape index (κ2) is 7.85. The van der Waals surface area contributed by atoms with E-state index in [-0.39, 0.29) is 31.0 Å². The third-order valence-corrected chi connectivity index (χ3v) is 3.23. The van der Waals surface area contributed by atoms with Gasteiger partial charge in [0, 0.05) is 19.1 Å². The molecule has 0 radical (unpaired) electrons. The number of likely N-dealkylation sites (tertiary alicyclic amines) is 1. The van der Waals surface area contributed by atoms with Crippen molar-refractivity contribution in [2.75, 3.05) is 19.7 Å². The minimum Gasteiger partial charge on any atom is -0.483 e. The highest BCUT2D eigenvalue weighted by Gasteiger charge is 2.24. The second-order valence-electron chi connectivity index (χ2n) is 4.90. The quantitative estimate of drug-likeness (QED) is 0.847. The van der Waals surface area contributed by atoms with Crippen molar-refractivity contribution in [3.63, 3.8) is 0 Å². The van der Waals surface area contributed by atoms with Gasteiger partial charge in [0.25, 0.3) is 11.8 Å². The van der Waals surface area contributed by atoms with Crippen LogP contribution in [0, 0.1) is 0 Å². The smallest absolute Gasteiger partial charge is 0.257 e. The number of para-hydroxylation sites is 1. The molecule has 1 aliphatic rings. The molecular formula is C14H20ClN3O3. The highest BCUT2D eigenvalue weighted by Crippen LogP contribution is 2.21. The number of nitrogens with two attached hydrogens (primary N) is 2. The van der Waals surface area contributed by atoms with Crippen molar-refractivity contribution in [1.82, 2.24) is 4.90 Å². The van der Waals surface area contributed by atoms with E-state index in [9.17, 15) is 9.59 Å². The third-order valence-electron chi connectivity index (χ3n) is 3.23. The van der Waals surface area contributed by atoms with Crippen molar-refractivity contribution >= 4 is 24.2 Å². The zero-order valence-electron chi connectivity index (χ0n) is 11.7. The standard InChI is InChI=1S/C14H19N3O3.ClH/c15-10-4-3-7-17(8-10)14(19)11-5-1-2-6-12(11)20-9-13(16)18;/h1-2,5-6,10H,3-4,7-9,15H2,(H2,16,18);1H. The SMILES string of the molecule is Cl.NC(=O)COc1ccccc1C(=O)N1CCCC(N)C1. The van der Waals surface area contributed by atoms with Gasteiger partial charge in [-0.25, -0.2) is 0 Å².